The Hall–Kier alpha value is -1.09. The zero-order valence-electron chi connectivity index (χ0n) is 16.0. The fourth-order valence-electron chi connectivity index (χ4n) is 3.03. The maximum absolute atomic E-state index is 6.00. The lowest BCUT2D eigenvalue weighted by Gasteiger charge is -2.17. The minimum atomic E-state index is 0. The number of rotatable bonds is 8. The largest absolute Gasteiger partial charge is 0.478 e. The smallest absolute Gasteiger partial charge is 0.218 e. The average Bonchev–Trinajstić information content (AvgIpc) is 2.91. The molecule has 0 aromatic carbocycles. The van der Waals surface area contributed by atoms with E-state index in [2.05, 4.69) is 20.6 Å². The molecule has 1 aliphatic carbocycles. The molecule has 6 nitrogen and oxygen atoms in total. The Morgan fingerprint density at radius 3 is 2.69 bits per heavy atom. The second kappa shape index (κ2) is 14.0. The van der Waals surface area contributed by atoms with Crippen LogP contribution in [0.25, 0.3) is 0 Å². The summed E-state index contributed by atoms with van der Waals surface area (Å²) in [5, 5.41) is 6.60. The number of aliphatic imine (C=N–C) groups is 1. The van der Waals surface area contributed by atoms with Gasteiger partial charge in [-0.25, -0.2) is 4.98 Å². The van der Waals surface area contributed by atoms with Crippen molar-refractivity contribution >= 4 is 29.9 Å². The Kier molecular flexibility index (Phi) is 12.4. The van der Waals surface area contributed by atoms with Gasteiger partial charge in [0.1, 0.15) is 0 Å². The van der Waals surface area contributed by atoms with Gasteiger partial charge >= 0.3 is 0 Å². The van der Waals surface area contributed by atoms with Gasteiger partial charge in [-0.05, 0) is 25.8 Å². The second-order valence-corrected chi connectivity index (χ2v) is 6.24. The lowest BCUT2D eigenvalue weighted by Crippen LogP contribution is -2.39. The van der Waals surface area contributed by atoms with E-state index in [1.807, 2.05) is 19.1 Å². The monoisotopic (exact) mass is 476 g/mol. The zero-order valence-corrected chi connectivity index (χ0v) is 18.3. The molecule has 2 rings (SSSR count). The molecule has 1 fully saturated rings. The summed E-state index contributed by atoms with van der Waals surface area (Å²) in [6, 6.07) is 3.92. The van der Waals surface area contributed by atoms with Gasteiger partial charge in [0.15, 0.2) is 5.96 Å². The van der Waals surface area contributed by atoms with E-state index in [0.29, 0.717) is 31.7 Å². The standard InChI is InChI=1S/C19H32N4O2.HI/c1-3-24-18-16(9-8-12-21-18)15-23-19(20-2)22-13-14-25-17-10-6-4-5-7-11-17;/h8-9,12,17H,3-7,10-11,13-15H2,1-2H3,(H2,20,22,23);1H. The molecule has 2 N–H and O–H groups in total. The third-order valence-corrected chi connectivity index (χ3v) is 4.35. The van der Waals surface area contributed by atoms with E-state index in [1.54, 1.807) is 13.2 Å². The topological polar surface area (TPSA) is 67.8 Å². The van der Waals surface area contributed by atoms with E-state index >= 15 is 0 Å². The Labute approximate surface area is 174 Å². The van der Waals surface area contributed by atoms with Crippen molar-refractivity contribution in [3.8, 4) is 5.88 Å². The first-order valence-corrected chi connectivity index (χ1v) is 9.46. The molecule has 0 radical (unpaired) electrons. The van der Waals surface area contributed by atoms with Gasteiger partial charge < -0.3 is 20.1 Å². The Balaban J connectivity index is 0.00000338. The third-order valence-electron chi connectivity index (χ3n) is 4.35. The van der Waals surface area contributed by atoms with Gasteiger partial charge in [0.25, 0.3) is 0 Å². The van der Waals surface area contributed by atoms with Crippen LogP contribution in [0.15, 0.2) is 23.3 Å². The molecule has 26 heavy (non-hydrogen) atoms. The number of pyridine rings is 1. The summed E-state index contributed by atoms with van der Waals surface area (Å²) in [5.41, 5.74) is 1.02. The number of hydrogen-bond acceptors (Lipinski definition) is 4. The van der Waals surface area contributed by atoms with Crippen LogP contribution in [0.2, 0.25) is 0 Å². The first-order chi connectivity index (χ1) is 12.3. The van der Waals surface area contributed by atoms with Gasteiger partial charge in [-0.3, -0.25) is 4.99 Å². The predicted octanol–water partition coefficient (Wildman–Crippen LogP) is 3.50. The first-order valence-electron chi connectivity index (χ1n) is 9.46. The van der Waals surface area contributed by atoms with Crippen LogP contribution in [0.1, 0.15) is 51.0 Å². The van der Waals surface area contributed by atoms with Crippen LogP contribution in [0.3, 0.4) is 0 Å². The molecule has 7 heteroatoms. The number of ether oxygens (including phenoxy) is 2. The molecule has 0 spiro atoms. The lowest BCUT2D eigenvalue weighted by atomic mass is 10.1. The van der Waals surface area contributed by atoms with E-state index < -0.39 is 0 Å². The van der Waals surface area contributed by atoms with Crippen molar-refractivity contribution in [1.29, 1.82) is 0 Å². The molecule has 0 atom stereocenters. The van der Waals surface area contributed by atoms with Crippen LogP contribution in [0.5, 0.6) is 5.88 Å². The van der Waals surface area contributed by atoms with Crippen molar-refractivity contribution in [3.63, 3.8) is 0 Å². The van der Waals surface area contributed by atoms with Crippen molar-refractivity contribution in [3.05, 3.63) is 23.9 Å². The van der Waals surface area contributed by atoms with E-state index in [9.17, 15) is 0 Å². The maximum Gasteiger partial charge on any atom is 0.218 e. The first kappa shape index (κ1) is 23.0. The molecule has 1 aromatic heterocycles. The van der Waals surface area contributed by atoms with Gasteiger partial charge in [0.2, 0.25) is 5.88 Å². The fourth-order valence-corrected chi connectivity index (χ4v) is 3.03. The minimum absolute atomic E-state index is 0. The van der Waals surface area contributed by atoms with Crippen LogP contribution in [-0.4, -0.2) is 43.9 Å². The molecule has 0 unspecified atom stereocenters. The number of nitrogens with one attached hydrogen (secondary N) is 2. The average molecular weight is 476 g/mol. The van der Waals surface area contributed by atoms with Crippen LogP contribution < -0.4 is 15.4 Å². The van der Waals surface area contributed by atoms with Crippen molar-refractivity contribution in [2.45, 2.75) is 58.1 Å². The van der Waals surface area contributed by atoms with Crippen LogP contribution in [0.4, 0.5) is 0 Å². The number of guanidine groups is 1. The SMILES string of the molecule is CCOc1ncccc1CNC(=NC)NCCOC1CCCCCC1.I. The van der Waals surface area contributed by atoms with Gasteiger partial charge in [-0.1, -0.05) is 31.7 Å². The highest BCUT2D eigenvalue weighted by molar-refractivity contribution is 14.0. The number of nitrogens with zero attached hydrogens (tertiary/aromatic N) is 2. The minimum Gasteiger partial charge on any atom is -0.478 e. The Morgan fingerprint density at radius 2 is 2.00 bits per heavy atom. The van der Waals surface area contributed by atoms with Gasteiger partial charge in [0.05, 0.1) is 19.3 Å². The molecular formula is C19H33IN4O2. The van der Waals surface area contributed by atoms with Crippen molar-refractivity contribution < 1.29 is 9.47 Å². The molecule has 0 aliphatic heterocycles. The van der Waals surface area contributed by atoms with E-state index in [4.69, 9.17) is 9.47 Å². The van der Waals surface area contributed by atoms with Gasteiger partial charge in [-0.2, -0.15) is 0 Å². The summed E-state index contributed by atoms with van der Waals surface area (Å²) in [5.74, 6) is 1.43. The highest BCUT2D eigenvalue weighted by Gasteiger charge is 2.12. The maximum atomic E-state index is 6.00. The zero-order chi connectivity index (χ0) is 17.7. The van der Waals surface area contributed by atoms with E-state index in [1.165, 1.54) is 38.5 Å². The molecule has 1 heterocycles. The third kappa shape index (κ3) is 8.53. The fraction of sp³-hybridized carbons (Fsp3) is 0.684. The van der Waals surface area contributed by atoms with Crippen molar-refractivity contribution in [2.75, 3.05) is 26.8 Å². The highest BCUT2D eigenvalue weighted by Crippen LogP contribution is 2.19. The molecule has 0 saturated heterocycles. The van der Waals surface area contributed by atoms with Gasteiger partial charge in [0, 0.05) is 31.9 Å². The summed E-state index contributed by atoms with van der Waals surface area (Å²) in [6.45, 7) is 4.65. The van der Waals surface area contributed by atoms with Crippen molar-refractivity contribution in [2.24, 2.45) is 4.99 Å². The molecule has 0 bridgehead atoms. The molecule has 148 valence electrons. The highest BCUT2D eigenvalue weighted by atomic mass is 127. The lowest BCUT2D eigenvalue weighted by molar-refractivity contribution is 0.0468. The molecule has 0 amide bonds. The number of halogens is 1. The Morgan fingerprint density at radius 1 is 1.23 bits per heavy atom. The summed E-state index contributed by atoms with van der Waals surface area (Å²) in [6.07, 6.45) is 9.89. The summed E-state index contributed by atoms with van der Waals surface area (Å²) in [4.78, 5) is 8.52. The van der Waals surface area contributed by atoms with E-state index in [-0.39, 0.29) is 24.0 Å². The molecule has 1 aliphatic rings. The van der Waals surface area contributed by atoms with Crippen LogP contribution in [0, 0.1) is 0 Å². The molecule has 1 saturated carbocycles. The van der Waals surface area contributed by atoms with Gasteiger partial charge in [-0.15, -0.1) is 24.0 Å². The molecule has 1 aromatic rings. The second-order valence-electron chi connectivity index (χ2n) is 6.24. The summed E-state index contributed by atoms with van der Waals surface area (Å²) in [7, 11) is 1.77. The number of aromatic nitrogens is 1. The number of hydrogen-bond donors (Lipinski definition) is 2. The quantitative estimate of drug-likeness (QED) is 0.198. The van der Waals surface area contributed by atoms with Crippen LogP contribution >= 0.6 is 24.0 Å². The van der Waals surface area contributed by atoms with E-state index in [0.717, 1.165) is 18.1 Å². The van der Waals surface area contributed by atoms with Crippen LogP contribution in [-0.2, 0) is 11.3 Å². The summed E-state index contributed by atoms with van der Waals surface area (Å²) < 4.78 is 11.5. The predicted molar refractivity (Wildman–Crippen MR) is 116 cm³/mol. The normalized spacial score (nSPS) is 15.7. The molecular weight excluding hydrogens is 443 g/mol. The Bertz CT molecular complexity index is 520. The summed E-state index contributed by atoms with van der Waals surface area (Å²) >= 11 is 0. The van der Waals surface area contributed by atoms with Crippen molar-refractivity contribution in [1.82, 2.24) is 15.6 Å².